The van der Waals surface area contributed by atoms with Gasteiger partial charge in [0.25, 0.3) is 0 Å². The van der Waals surface area contributed by atoms with Gasteiger partial charge in [-0.25, -0.2) is 0 Å². The Bertz CT molecular complexity index is 297. The van der Waals surface area contributed by atoms with E-state index in [2.05, 4.69) is 19.2 Å². The van der Waals surface area contributed by atoms with Crippen molar-refractivity contribution >= 4 is 11.8 Å². The van der Waals surface area contributed by atoms with Crippen LogP contribution in [0.25, 0.3) is 0 Å². The van der Waals surface area contributed by atoms with Crippen LogP contribution in [0.15, 0.2) is 0 Å². The van der Waals surface area contributed by atoms with Crippen molar-refractivity contribution in [2.24, 2.45) is 17.8 Å². The Hall–Kier alpha value is -1.06. The maximum atomic E-state index is 12.3. The minimum atomic E-state index is 0.00481. The molecule has 0 aromatic heterocycles. The van der Waals surface area contributed by atoms with Crippen LogP contribution in [0.1, 0.15) is 33.1 Å². The fraction of sp³-hybridized carbons (Fsp3) is 0.846. The first-order chi connectivity index (χ1) is 8.06. The lowest BCUT2D eigenvalue weighted by molar-refractivity contribution is -0.140. The van der Waals surface area contributed by atoms with Crippen molar-refractivity contribution in [3.05, 3.63) is 0 Å². The first-order valence-electron chi connectivity index (χ1n) is 6.61. The van der Waals surface area contributed by atoms with Gasteiger partial charge in [0.15, 0.2) is 0 Å². The van der Waals surface area contributed by atoms with E-state index >= 15 is 0 Å². The standard InChI is InChI=1S/C13H22N2O2/c1-9-5-10(2)8-15(7-9)13(17)11-3-4-12(16)14-6-11/h9-11H,3-8H2,1-2H3,(H,14,16). The van der Waals surface area contributed by atoms with Crippen molar-refractivity contribution in [1.29, 1.82) is 0 Å². The highest BCUT2D eigenvalue weighted by Crippen LogP contribution is 2.24. The minimum absolute atomic E-state index is 0.00481. The number of carbonyl (C=O) groups excluding carboxylic acids is 2. The predicted molar refractivity (Wildman–Crippen MR) is 65.3 cm³/mol. The molecule has 2 fully saturated rings. The molecule has 0 aromatic carbocycles. The van der Waals surface area contributed by atoms with Crippen molar-refractivity contribution in [1.82, 2.24) is 10.2 Å². The van der Waals surface area contributed by atoms with Gasteiger partial charge in [-0.1, -0.05) is 13.8 Å². The molecular weight excluding hydrogens is 216 g/mol. The topological polar surface area (TPSA) is 49.4 Å². The second-order valence-corrected chi connectivity index (χ2v) is 5.73. The van der Waals surface area contributed by atoms with Crippen LogP contribution in [0.3, 0.4) is 0 Å². The van der Waals surface area contributed by atoms with Crippen LogP contribution in [-0.2, 0) is 9.59 Å². The highest BCUT2D eigenvalue weighted by atomic mass is 16.2. The van der Waals surface area contributed by atoms with Gasteiger partial charge < -0.3 is 10.2 Å². The molecule has 0 aliphatic carbocycles. The van der Waals surface area contributed by atoms with Crippen LogP contribution in [0, 0.1) is 17.8 Å². The molecular formula is C13H22N2O2. The van der Waals surface area contributed by atoms with Crippen LogP contribution < -0.4 is 5.32 Å². The van der Waals surface area contributed by atoms with Crippen LogP contribution in [0.2, 0.25) is 0 Å². The molecule has 2 aliphatic rings. The van der Waals surface area contributed by atoms with E-state index in [1.54, 1.807) is 0 Å². The van der Waals surface area contributed by atoms with Gasteiger partial charge in [-0.05, 0) is 24.7 Å². The smallest absolute Gasteiger partial charge is 0.227 e. The fourth-order valence-corrected chi connectivity index (χ4v) is 3.04. The second kappa shape index (κ2) is 5.07. The zero-order valence-electron chi connectivity index (χ0n) is 10.7. The van der Waals surface area contributed by atoms with E-state index in [1.807, 2.05) is 4.90 Å². The maximum Gasteiger partial charge on any atom is 0.227 e. The molecule has 0 radical (unpaired) electrons. The van der Waals surface area contributed by atoms with E-state index in [0.29, 0.717) is 31.2 Å². The lowest BCUT2D eigenvalue weighted by atomic mass is 9.90. The molecule has 2 amide bonds. The number of piperidine rings is 2. The summed E-state index contributed by atoms with van der Waals surface area (Å²) in [4.78, 5) is 25.4. The van der Waals surface area contributed by atoms with Crippen molar-refractivity contribution in [2.75, 3.05) is 19.6 Å². The lowest BCUT2D eigenvalue weighted by Gasteiger charge is -2.37. The Morgan fingerprint density at radius 1 is 1.29 bits per heavy atom. The van der Waals surface area contributed by atoms with E-state index < -0.39 is 0 Å². The summed E-state index contributed by atoms with van der Waals surface area (Å²) in [5.41, 5.74) is 0. The zero-order valence-corrected chi connectivity index (χ0v) is 10.7. The number of rotatable bonds is 1. The molecule has 1 N–H and O–H groups in total. The van der Waals surface area contributed by atoms with Crippen LogP contribution in [-0.4, -0.2) is 36.3 Å². The summed E-state index contributed by atoms with van der Waals surface area (Å²) in [5, 5.41) is 2.79. The summed E-state index contributed by atoms with van der Waals surface area (Å²) in [6, 6.07) is 0. The third-order valence-corrected chi connectivity index (χ3v) is 3.80. The molecule has 4 nitrogen and oxygen atoms in total. The zero-order chi connectivity index (χ0) is 12.4. The molecule has 0 saturated carbocycles. The number of amides is 2. The molecule has 3 atom stereocenters. The SMILES string of the molecule is CC1CC(C)CN(C(=O)C2CCC(=O)NC2)C1. The van der Waals surface area contributed by atoms with Crippen LogP contribution in [0.5, 0.6) is 0 Å². The van der Waals surface area contributed by atoms with Crippen LogP contribution in [0.4, 0.5) is 0 Å². The number of nitrogens with zero attached hydrogens (tertiary/aromatic N) is 1. The largest absolute Gasteiger partial charge is 0.355 e. The summed E-state index contributed by atoms with van der Waals surface area (Å²) in [7, 11) is 0. The fourth-order valence-electron chi connectivity index (χ4n) is 3.04. The highest BCUT2D eigenvalue weighted by Gasteiger charge is 2.32. The average Bonchev–Trinajstić information content (AvgIpc) is 2.28. The Morgan fingerprint density at radius 2 is 1.94 bits per heavy atom. The molecule has 2 aliphatic heterocycles. The molecule has 2 heterocycles. The van der Waals surface area contributed by atoms with E-state index in [0.717, 1.165) is 13.1 Å². The second-order valence-electron chi connectivity index (χ2n) is 5.73. The quantitative estimate of drug-likeness (QED) is 0.741. The van der Waals surface area contributed by atoms with Crippen molar-refractivity contribution in [3.8, 4) is 0 Å². The molecule has 0 spiro atoms. The number of nitrogens with one attached hydrogen (secondary N) is 1. The van der Waals surface area contributed by atoms with Gasteiger partial charge in [0, 0.05) is 26.1 Å². The van der Waals surface area contributed by atoms with Gasteiger partial charge in [-0.15, -0.1) is 0 Å². The van der Waals surface area contributed by atoms with E-state index in [4.69, 9.17) is 0 Å². The van der Waals surface area contributed by atoms with E-state index in [1.165, 1.54) is 6.42 Å². The van der Waals surface area contributed by atoms with Crippen molar-refractivity contribution in [3.63, 3.8) is 0 Å². The van der Waals surface area contributed by atoms with Gasteiger partial charge in [0.05, 0.1) is 5.92 Å². The molecule has 0 aromatic rings. The van der Waals surface area contributed by atoms with Crippen molar-refractivity contribution < 1.29 is 9.59 Å². The van der Waals surface area contributed by atoms with Gasteiger partial charge in [-0.2, -0.15) is 0 Å². The predicted octanol–water partition coefficient (Wildman–Crippen LogP) is 1.02. The molecule has 4 heteroatoms. The number of carbonyl (C=O) groups is 2. The van der Waals surface area contributed by atoms with Gasteiger partial charge in [0.2, 0.25) is 11.8 Å². The Labute approximate surface area is 103 Å². The Balaban J connectivity index is 1.92. The minimum Gasteiger partial charge on any atom is -0.355 e. The number of hydrogen-bond donors (Lipinski definition) is 1. The number of likely N-dealkylation sites (tertiary alicyclic amines) is 1. The molecule has 0 bridgehead atoms. The summed E-state index contributed by atoms with van der Waals surface area (Å²) in [5.74, 6) is 1.52. The third kappa shape index (κ3) is 2.99. The normalized spacial score (nSPS) is 34.4. The maximum absolute atomic E-state index is 12.3. The summed E-state index contributed by atoms with van der Waals surface area (Å²) >= 11 is 0. The van der Waals surface area contributed by atoms with Crippen molar-refractivity contribution in [2.45, 2.75) is 33.1 Å². The molecule has 96 valence electrons. The van der Waals surface area contributed by atoms with E-state index in [9.17, 15) is 9.59 Å². The van der Waals surface area contributed by atoms with E-state index in [-0.39, 0.29) is 17.7 Å². The lowest BCUT2D eigenvalue weighted by Crippen LogP contribution is -2.49. The molecule has 2 rings (SSSR count). The average molecular weight is 238 g/mol. The summed E-state index contributed by atoms with van der Waals surface area (Å²) < 4.78 is 0. The number of hydrogen-bond acceptors (Lipinski definition) is 2. The summed E-state index contributed by atoms with van der Waals surface area (Å²) in [6.07, 6.45) is 2.42. The van der Waals surface area contributed by atoms with Gasteiger partial charge in [-0.3, -0.25) is 9.59 Å². The van der Waals surface area contributed by atoms with Gasteiger partial charge >= 0.3 is 0 Å². The summed E-state index contributed by atoms with van der Waals surface area (Å²) in [6.45, 7) is 6.70. The highest BCUT2D eigenvalue weighted by molar-refractivity contribution is 5.83. The third-order valence-electron chi connectivity index (χ3n) is 3.80. The first-order valence-corrected chi connectivity index (χ1v) is 6.61. The van der Waals surface area contributed by atoms with Gasteiger partial charge in [0.1, 0.15) is 0 Å². The molecule has 3 unspecified atom stereocenters. The Morgan fingerprint density at radius 3 is 2.47 bits per heavy atom. The molecule has 2 saturated heterocycles. The Kier molecular flexibility index (Phi) is 3.69. The first kappa shape index (κ1) is 12.4. The monoisotopic (exact) mass is 238 g/mol. The molecule has 17 heavy (non-hydrogen) atoms. The van der Waals surface area contributed by atoms with Crippen LogP contribution >= 0.6 is 0 Å².